The average Bonchev–Trinajstić information content (AvgIpc) is 2.62. The molecule has 1 N–H and O–H groups in total. The van der Waals surface area contributed by atoms with Gasteiger partial charge in [0.1, 0.15) is 0 Å². The largest absolute Gasteiger partial charge is 0.462 e. The van der Waals surface area contributed by atoms with Crippen molar-refractivity contribution in [3.8, 4) is 0 Å². The molecule has 1 aliphatic heterocycles. The van der Waals surface area contributed by atoms with Gasteiger partial charge in [0.05, 0.1) is 18.4 Å². The zero-order valence-electron chi connectivity index (χ0n) is 15.2. The number of rotatable bonds is 7. The van der Waals surface area contributed by atoms with E-state index in [0.717, 1.165) is 12.8 Å². The van der Waals surface area contributed by atoms with Gasteiger partial charge in [-0.05, 0) is 43.5 Å². The topological polar surface area (TPSA) is 92.8 Å². The summed E-state index contributed by atoms with van der Waals surface area (Å²) in [6.07, 6.45) is 3.98. The molecule has 144 valence electrons. The van der Waals surface area contributed by atoms with E-state index in [4.69, 9.17) is 4.74 Å². The quantitative estimate of drug-likeness (QED) is 0.577. The number of ether oxygens (including phenoxy) is 1. The lowest BCUT2D eigenvalue weighted by Gasteiger charge is -2.29. The molecule has 0 atom stereocenters. The number of piperidine rings is 1. The lowest BCUT2D eigenvalue weighted by molar-refractivity contribution is -0.120. The summed E-state index contributed by atoms with van der Waals surface area (Å²) in [5.41, 5.74) is 1.05. The number of amides is 1. The Kier molecular flexibility index (Phi) is 7.16. The molecule has 0 unspecified atom stereocenters. The standard InChI is InChI=1S/C18H26N2O5S/c1-3-4-13-25-18(22)15-5-7-16(8-6-15)19-17(21)14-9-11-20(12-10-14)26(2,23)24/h5-8,14H,3-4,9-13H2,1-2H3,(H,19,21). The second-order valence-electron chi connectivity index (χ2n) is 6.49. The Morgan fingerprint density at radius 3 is 2.35 bits per heavy atom. The van der Waals surface area contributed by atoms with E-state index >= 15 is 0 Å². The van der Waals surface area contributed by atoms with E-state index in [1.807, 2.05) is 6.92 Å². The zero-order valence-corrected chi connectivity index (χ0v) is 16.0. The number of nitrogens with one attached hydrogen (secondary N) is 1. The van der Waals surface area contributed by atoms with Crippen molar-refractivity contribution in [2.24, 2.45) is 5.92 Å². The van der Waals surface area contributed by atoms with Gasteiger partial charge in [0.25, 0.3) is 0 Å². The highest BCUT2D eigenvalue weighted by molar-refractivity contribution is 7.88. The van der Waals surface area contributed by atoms with Gasteiger partial charge in [0.15, 0.2) is 0 Å². The minimum Gasteiger partial charge on any atom is -0.462 e. The summed E-state index contributed by atoms with van der Waals surface area (Å²) in [6.45, 7) is 3.15. The summed E-state index contributed by atoms with van der Waals surface area (Å²) in [4.78, 5) is 24.2. The molecule has 7 nitrogen and oxygen atoms in total. The fourth-order valence-corrected chi connectivity index (χ4v) is 3.65. The Balaban J connectivity index is 1.85. The molecule has 1 aromatic rings. The number of benzene rings is 1. The van der Waals surface area contributed by atoms with Crippen LogP contribution in [0.25, 0.3) is 0 Å². The minimum atomic E-state index is -3.20. The van der Waals surface area contributed by atoms with Crippen LogP contribution in [0.5, 0.6) is 0 Å². The third-order valence-corrected chi connectivity index (χ3v) is 5.72. The van der Waals surface area contributed by atoms with E-state index in [2.05, 4.69) is 5.32 Å². The molecule has 1 heterocycles. The maximum Gasteiger partial charge on any atom is 0.338 e. The van der Waals surface area contributed by atoms with Crippen LogP contribution in [0.2, 0.25) is 0 Å². The van der Waals surface area contributed by atoms with Crippen LogP contribution in [0.1, 0.15) is 43.0 Å². The number of hydrogen-bond donors (Lipinski definition) is 1. The van der Waals surface area contributed by atoms with Gasteiger partial charge in [0, 0.05) is 24.7 Å². The van der Waals surface area contributed by atoms with Gasteiger partial charge >= 0.3 is 5.97 Å². The molecule has 0 aliphatic carbocycles. The zero-order chi connectivity index (χ0) is 19.2. The van der Waals surface area contributed by atoms with Crippen LogP contribution >= 0.6 is 0 Å². The van der Waals surface area contributed by atoms with E-state index in [0.29, 0.717) is 43.8 Å². The number of carbonyl (C=O) groups excluding carboxylic acids is 2. The SMILES string of the molecule is CCCCOC(=O)c1ccc(NC(=O)C2CCN(S(C)(=O)=O)CC2)cc1. The predicted molar refractivity (Wildman–Crippen MR) is 99.4 cm³/mol. The Hall–Kier alpha value is -1.93. The summed E-state index contributed by atoms with van der Waals surface area (Å²) in [5.74, 6) is -0.715. The van der Waals surface area contributed by atoms with Crippen LogP contribution in [0.3, 0.4) is 0 Å². The molecule has 1 aliphatic rings. The normalized spacial score (nSPS) is 16.2. The van der Waals surface area contributed by atoms with Crippen molar-refractivity contribution >= 4 is 27.6 Å². The van der Waals surface area contributed by atoms with Crippen molar-refractivity contribution in [2.45, 2.75) is 32.6 Å². The number of anilines is 1. The van der Waals surface area contributed by atoms with Crippen LogP contribution in [-0.2, 0) is 19.6 Å². The number of unbranched alkanes of at least 4 members (excludes halogenated alkanes) is 1. The lowest BCUT2D eigenvalue weighted by atomic mass is 9.97. The summed E-state index contributed by atoms with van der Waals surface area (Å²) < 4.78 is 29.6. The first kappa shape index (κ1) is 20.4. The van der Waals surface area contributed by atoms with Crippen LogP contribution in [-0.4, -0.2) is 50.6 Å². The molecular formula is C18H26N2O5S. The van der Waals surface area contributed by atoms with Gasteiger partial charge in [-0.25, -0.2) is 17.5 Å². The molecule has 1 amide bonds. The van der Waals surface area contributed by atoms with Crippen LogP contribution in [0, 0.1) is 5.92 Å². The Labute approximate surface area is 154 Å². The molecule has 0 bridgehead atoms. The summed E-state index contributed by atoms with van der Waals surface area (Å²) in [5, 5.41) is 2.82. The third-order valence-electron chi connectivity index (χ3n) is 4.41. The maximum absolute atomic E-state index is 12.3. The monoisotopic (exact) mass is 382 g/mol. The fraction of sp³-hybridized carbons (Fsp3) is 0.556. The molecule has 2 rings (SSSR count). The van der Waals surface area contributed by atoms with Crippen molar-refractivity contribution in [1.29, 1.82) is 0 Å². The molecule has 1 fully saturated rings. The molecule has 1 saturated heterocycles. The minimum absolute atomic E-state index is 0.128. The first-order valence-corrected chi connectivity index (χ1v) is 10.7. The molecule has 0 spiro atoms. The van der Waals surface area contributed by atoms with Crippen molar-refractivity contribution < 1.29 is 22.7 Å². The predicted octanol–water partition coefficient (Wildman–Crippen LogP) is 2.25. The highest BCUT2D eigenvalue weighted by Gasteiger charge is 2.28. The van der Waals surface area contributed by atoms with Crippen molar-refractivity contribution in [2.75, 3.05) is 31.3 Å². The molecule has 26 heavy (non-hydrogen) atoms. The molecular weight excluding hydrogens is 356 g/mol. The number of sulfonamides is 1. The molecule has 0 saturated carbocycles. The van der Waals surface area contributed by atoms with Gasteiger partial charge in [0.2, 0.25) is 15.9 Å². The van der Waals surface area contributed by atoms with Gasteiger partial charge in [-0.15, -0.1) is 0 Å². The molecule has 1 aromatic carbocycles. The Bertz CT molecular complexity index is 722. The maximum atomic E-state index is 12.3. The van der Waals surface area contributed by atoms with E-state index in [1.54, 1.807) is 24.3 Å². The molecule has 0 radical (unpaired) electrons. The Morgan fingerprint density at radius 1 is 1.19 bits per heavy atom. The number of carbonyl (C=O) groups is 2. The van der Waals surface area contributed by atoms with Crippen molar-refractivity contribution in [1.82, 2.24) is 4.31 Å². The van der Waals surface area contributed by atoms with Crippen LogP contribution in [0.4, 0.5) is 5.69 Å². The van der Waals surface area contributed by atoms with E-state index in [9.17, 15) is 18.0 Å². The van der Waals surface area contributed by atoms with Gasteiger partial charge in [-0.3, -0.25) is 4.79 Å². The average molecular weight is 382 g/mol. The molecule has 0 aromatic heterocycles. The van der Waals surface area contributed by atoms with Gasteiger partial charge < -0.3 is 10.1 Å². The Morgan fingerprint density at radius 2 is 1.81 bits per heavy atom. The number of esters is 1. The number of hydrogen-bond acceptors (Lipinski definition) is 5. The van der Waals surface area contributed by atoms with E-state index in [1.165, 1.54) is 10.6 Å². The third kappa shape index (κ3) is 5.81. The van der Waals surface area contributed by atoms with Crippen LogP contribution < -0.4 is 5.32 Å². The highest BCUT2D eigenvalue weighted by Crippen LogP contribution is 2.21. The fourth-order valence-electron chi connectivity index (χ4n) is 2.78. The van der Waals surface area contributed by atoms with E-state index in [-0.39, 0.29) is 17.8 Å². The second kappa shape index (κ2) is 9.14. The van der Waals surface area contributed by atoms with Crippen LogP contribution in [0.15, 0.2) is 24.3 Å². The number of nitrogens with zero attached hydrogens (tertiary/aromatic N) is 1. The first-order chi connectivity index (χ1) is 12.3. The summed E-state index contributed by atoms with van der Waals surface area (Å²) >= 11 is 0. The smallest absolute Gasteiger partial charge is 0.338 e. The van der Waals surface area contributed by atoms with E-state index < -0.39 is 10.0 Å². The summed E-state index contributed by atoms with van der Waals surface area (Å²) in [7, 11) is -3.20. The van der Waals surface area contributed by atoms with Gasteiger partial charge in [-0.2, -0.15) is 0 Å². The highest BCUT2D eigenvalue weighted by atomic mass is 32.2. The second-order valence-corrected chi connectivity index (χ2v) is 8.47. The lowest BCUT2D eigenvalue weighted by Crippen LogP contribution is -2.40. The van der Waals surface area contributed by atoms with Gasteiger partial charge in [-0.1, -0.05) is 13.3 Å². The summed E-state index contributed by atoms with van der Waals surface area (Å²) in [6, 6.07) is 6.58. The molecule has 8 heteroatoms. The van der Waals surface area contributed by atoms with Crippen molar-refractivity contribution in [3.05, 3.63) is 29.8 Å². The van der Waals surface area contributed by atoms with Crippen molar-refractivity contribution in [3.63, 3.8) is 0 Å². The first-order valence-electron chi connectivity index (χ1n) is 8.84.